The molecule has 2 amide bonds. The molecule has 1 aliphatic rings. The number of rotatable bonds is 7. The predicted molar refractivity (Wildman–Crippen MR) is 89.9 cm³/mol. The van der Waals surface area contributed by atoms with E-state index in [1.807, 2.05) is 13.0 Å². The molecular weight excluding hydrogens is 310 g/mol. The normalized spacial score (nSPS) is 17.5. The monoisotopic (exact) mass is 335 g/mol. The Bertz CT molecular complexity index is 591. The predicted octanol–water partition coefficient (Wildman–Crippen LogP) is 0.0456. The Morgan fingerprint density at radius 3 is 3.00 bits per heavy atom. The number of aryl methyl sites for hydroxylation is 1. The van der Waals surface area contributed by atoms with E-state index >= 15 is 0 Å². The van der Waals surface area contributed by atoms with Crippen LogP contribution < -0.4 is 15.8 Å². The van der Waals surface area contributed by atoms with Crippen molar-refractivity contribution in [3.8, 4) is 5.75 Å². The van der Waals surface area contributed by atoms with E-state index in [1.54, 1.807) is 12.1 Å². The number of carbonyl (C=O) groups excluding carboxylic acids is 2. The Morgan fingerprint density at radius 1 is 1.50 bits per heavy atom. The zero-order chi connectivity index (χ0) is 17.5. The molecular formula is C17H25N3O4. The molecule has 1 heterocycles. The van der Waals surface area contributed by atoms with Crippen LogP contribution in [-0.2, 0) is 4.79 Å². The summed E-state index contributed by atoms with van der Waals surface area (Å²) in [5.74, 6) is 0.191. The third-order valence-electron chi connectivity index (χ3n) is 4.04. The molecule has 2 rings (SSSR count). The SMILES string of the molecule is Cc1ccc(C(=O)N2CCNC(=O)[C@@H]2CCO)cc1OCCCN. The molecule has 7 heteroatoms. The standard InChI is InChI=1S/C17H25N3O4/c1-12-3-4-13(11-15(12)24-10-2-6-18)17(23)20-8-7-19-16(22)14(20)5-9-21/h3-4,11,14,21H,2,5-10,18H2,1H3,(H,19,22)/t14-/m0/s1. The molecule has 1 atom stereocenters. The molecule has 4 N–H and O–H groups in total. The molecule has 1 aromatic carbocycles. The van der Waals surface area contributed by atoms with Crippen LogP contribution in [-0.4, -0.2) is 60.7 Å². The van der Waals surface area contributed by atoms with E-state index < -0.39 is 6.04 Å². The second kappa shape index (κ2) is 8.65. The van der Waals surface area contributed by atoms with Gasteiger partial charge in [-0.25, -0.2) is 0 Å². The van der Waals surface area contributed by atoms with Crippen LogP contribution in [0.15, 0.2) is 18.2 Å². The minimum Gasteiger partial charge on any atom is -0.493 e. The van der Waals surface area contributed by atoms with Crippen LogP contribution in [0, 0.1) is 6.92 Å². The van der Waals surface area contributed by atoms with Crippen molar-refractivity contribution in [1.29, 1.82) is 0 Å². The van der Waals surface area contributed by atoms with Gasteiger partial charge in [-0.3, -0.25) is 9.59 Å². The molecule has 0 bridgehead atoms. The minimum absolute atomic E-state index is 0.150. The van der Waals surface area contributed by atoms with Gasteiger partial charge in [-0.15, -0.1) is 0 Å². The average molecular weight is 335 g/mol. The Labute approximate surface area is 141 Å². The van der Waals surface area contributed by atoms with Gasteiger partial charge in [0.05, 0.1) is 6.61 Å². The number of carbonyl (C=O) groups is 2. The van der Waals surface area contributed by atoms with Gasteiger partial charge in [-0.2, -0.15) is 0 Å². The lowest BCUT2D eigenvalue weighted by atomic mass is 10.1. The summed E-state index contributed by atoms with van der Waals surface area (Å²) >= 11 is 0. The average Bonchev–Trinajstić information content (AvgIpc) is 2.58. The van der Waals surface area contributed by atoms with E-state index in [0.29, 0.717) is 37.6 Å². The van der Waals surface area contributed by atoms with Crippen LogP contribution in [0.1, 0.15) is 28.8 Å². The number of piperazine rings is 1. The summed E-state index contributed by atoms with van der Waals surface area (Å²) in [6, 6.07) is 4.63. The number of ether oxygens (including phenoxy) is 1. The fraction of sp³-hybridized carbons (Fsp3) is 0.529. The third kappa shape index (κ3) is 4.24. The van der Waals surface area contributed by atoms with Crippen molar-refractivity contribution in [1.82, 2.24) is 10.2 Å². The van der Waals surface area contributed by atoms with E-state index in [9.17, 15) is 9.59 Å². The van der Waals surface area contributed by atoms with Gasteiger partial charge in [0.15, 0.2) is 0 Å². The Kier molecular flexibility index (Phi) is 6.57. The van der Waals surface area contributed by atoms with Gasteiger partial charge >= 0.3 is 0 Å². The summed E-state index contributed by atoms with van der Waals surface area (Å²) in [4.78, 5) is 26.3. The summed E-state index contributed by atoms with van der Waals surface area (Å²) in [5, 5.41) is 11.9. The summed E-state index contributed by atoms with van der Waals surface area (Å²) in [5.41, 5.74) is 6.87. The highest BCUT2D eigenvalue weighted by molar-refractivity contribution is 5.98. The molecule has 0 aromatic heterocycles. The van der Waals surface area contributed by atoms with Crippen molar-refractivity contribution < 1.29 is 19.4 Å². The van der Waals surface area contributed by atoms with E-state index in [1.165, 1.54) is 4.90 Å². The van der Waals surface area contributed by atoms with Gasteiger partial charge in [0, 0.05) is 25.3 Å². The van der Waals surface area contributed by atoms with Crippen molar-refractivity contribution in [3.05, 3.63) is 29.3 Å². The molecule has 0 aliphatic carbocycles. The molecule has 0 radical (unpaired) electrons. The smallest absolute Gasteiger partial charge is 0.254 e. The first-order valence-corrected chi connectivity index (χ1v) is 8.21. The van der Waals surface area contributed by atoms with Crippen LogP contribution in [0.4, 0.5) is 0 Å². The fourth-order valence-electron chi connectivity index (χ4n) is 2.69. The van der Waals surface area contributed by atoms with Crippen LogP contribution in [0.2, 0.25) is 0 Å². The van der Waals surface area contributed by atoms with Crippen molar-refractivity contribution in [2.24, 2.45) is 5.73 Å². The lowest BCUT2D eigenvalue weighted by molar-refractivity contribution is -0.128. The van der Waals surface area contributed by atoms with Crippen molar-refractivity contribution in [2.75, 3.05) is 32.8 Å². The quantitative estimate of drug-likeness (QED) is 0.611. The summed E-state index contributed by atoms with van der Waals surface area (Å²) in [7, 11) is 0. The van der Waals surface area contributed by atoms with Crippen molar-refractivity contribution in [3.63, 3.8) is 0 Å². The first-order chi connectivity index (χ1) is 11.6. The van der Waals surface area contributed by atoms with Crippen molar-refractivity contribution >= 4 is 11.8 Å². The number of nitrogens with two attached hydrogens (primary N) is 1. The molecule has 1 fully saturated rings. The van der Waals surface area contributed by atoms with E-state index in [2.05, 4.69) is 5.32 Å². The van der Waals surface area contributed by atoms with Gasteiger partial charge in [0.2, 0.25) is 5.91 Å². The third-order valence-corrected chi connectivity index (χ3v) is 4.04. The molecule has 1 aliphatic heterocycles. The fourth-order valence-corrected chi connectivity index (χ4v) is 2.69. The van der Waals surface area contributed by atoms with E-state index in [-0.39, 0.29) is 24.8 Å². The highest BCUT2D eigenvalue weighted by Crippen LogP contribution is 2.22. The molecule has 1 aromatic rings. The molecule has 7 nitrogen and oxygen atoms in total. The van der Waals surface area contributed by atoms with Gasteiger partial charge in [0.1, 0.15) is 11.8 Å². The molecule has 1 saturated heterocycles. The number of hydrogen-bond donors (Lipinski definition) is 3. The van der Waals surface area contributed by atoms with Gasteiger partial charge in [0.25, 0.3) is 5.91 Å². The number of aliphatic hydroxyl groups is 1. The molecule has 0 spiro atoms. The Balaban J connectivity index is 2.18. The van der Waals surface area contributed by atoms with Crippen LogP contribution >= 0.6 is 0 Å². The minimum atomic E-state index is -0.640. The maximum absolute atomic E-state index is 12.8. The van der Waals surface area contributed by atoms with Gasteiger partial charge < -0.3 is 25.8 Å². The summed E-state index contributed by atoms with van der Waals surface area (Å²) in [6.45, 7) is 3.64. The molecule has 24 heavy (non-hydrogen) atoms. The molecule has 0 saturated carbocycles. The zero-order valence-electron chi connectivity index (χ0n) is 14.0. The molecule has 132 valence electrons. The lowest BCUT2D eigenvalue weighted by Crippen LogP contribution is -2.57. The number of amides is 2. The maximum Gasteiger partial charge on any atom is 0.254 e. The summed E-state index contributed by atoms with van der Waals surface area (Å²) < 4.78 is 5.68. The number of nitrogens with one attached hydrogen (secondary N) is 1. The number of hydrogen-bond acceptors (Lipinski definition) is 5. The first kappa shape index (κ1) is 18.2. The van der Waals surface area contributed by atoms with E-state index in [0.717, 1.165) is 12.0 Å². The van der Waals surface area contributed by atoms with Gasteiger partial charge in [-0.1, -0.05) is 6.07 Å². The van der Waals surface area contributed by atoms with Crippen molar-refractivity contribution in [2.45, 2.75) is 25.8 Å². The number of nitrogens with zero attached hydrogens (tertiary/aromatic N) is 1. The highest BCUT2D eigenvalue weighted by atomic mass is 16.5. The van der Waals surface area contributed by atoms with Crippen LogP contribution in [0.5, 0.6) is 5.75 Å². The lowest BCUT2D eigenvalue weighted by Gasteiger charge is -2.35. The molecule has 0 unspecified atom stereocenters. The van der Waals surface area contributed by atoms with Crippen LogP contribution in [0.25, 0.3) is 0 Å². The largest absolute Gasteiger partial charge is 0.493 e. The Hall–Kier alpha value is -2.12. The van der Waals surface area contributed by atoms with Gasteiger partial charge in [-0.05, 0) is 44.0 Å². The topological polar surface area (TPSA) is 105 Å². The van der Waals surface area contributed by atoms with E-state index in [4.69, 9.17) is 15.6 Å². The maximum atomic E-state index is 12.8. The first-order valence-electron chi connectivity index (χ1n) is 8.21. The van der Waals surface area contributed by atoms with Crippen LogP contribution in [0.3, 0.4) is 0 Å². The second-order valence-electron chi connectivity index (χ2n) is 5.79. The number of benzene rings is 1. The summed E-state index contributed by atoms with van der Waals surface area (Å²) in [6.07, 6.45) is 0.964. The number of aliphatic hydroxyl groups excluding tert-OH is 1. The Morgan fingerprint density at radius 2 is 2.29 bits per heavy atom. The highest BCUT2D eigenvalue weighted by Gasteiger charge is 2.33. The second-order valence-corrected chi connectivity index (χ2v) is 5.79. The zero-order valence-corrected chi connectivity index (χ0v) is 14.0.